The van der Waals surface area contributed by atoms with E-state index in [-0.39, 0.29) is 0 Å². The van der Waals surface area contributed by atoms with Gasteiger partial charge in [0.25, 0.3) is 0 Å². The number of rotatable bonds is 4. The largest absolute Gasteiger partial charge is 0.453 e. The van der Waals surface area contributed by atoms with Crippen LogP contribution < -0.4 is 10.6 Å². The molecule has 0 radical (unpaired) electrons. The molecule has 1 aromatic carbocycles. The summed E-state index contributed by atoms with van der Waals surface area (Å²) in [5.41, 5.74) is 2.21. The molecule has 0 atom stereocenters. The van der Waals surface area contributed by atoms with Crippen LogP contribution in [0, 0.1) is 0 Å². The average molecular weight is 286 g/mol. The van der Waals surface area contributed by atoms with Gasteiger partial charge in [-0.25, -0.2) is 4.79 Å². The highest BCUT2D eigenvalue weighted by atomic mass is 16.5. The van der Waals surface area contributed by atoms with Crippen LogP contribution >= 0.6 is 0 Å². The van der Waals surface area contributed by atoms with E-state index in [1.54, 1.807) is 12.1 Å². The number of anilines is 3. The monoisotopic (exact) mass is 286 g/mol. The van der Waals surface area contributed by atoms with Crippen LogP contribution in [0.5, 0.6) is 0 Å². The van der Waals surface area contributed by atoms with Gasteiger partial charge in [0.15, 0.2) is 11.6 Å². The number of aromatic nitrogens is 2. The third-order valence-corrected chi connectivity index (χ3v) is 2.93. The fourth-order valence-corrected chi connectivity index (χ4v) is 1.72. The lowest BCUT2D eigenvalue weighted by Crippen LogP contribution is -2.12. The Bertz CT molecular complexity index is 594. The maximum Gasteiger partial charge on any atom is 0.412 e. The molecule has 0 aliphatic carbocycles. The zero-order valence-corrected chi connectivity index (χ0v) is 12.3. The molecule has 2 aromatic rings. The standard InChI is InChI=1S/C15H18N4O2/c1-10(2)11-4-6-12(7-5-11)16-13-8-9-14(19-18-13)17-15(20)21-3/h4-10H,1-3H3,(H,16,18)(H,17,19,20). The molecule has 0 aliphatic rings. The van der Waals surface area contributed by atoms with Crippen LogP contribution in [0.15, 0.2) is 36.4 Å². The number of hydrogen-bond donors (Lipinski definition) is 2. The van der Waals surface area contributed by atoms with Crippen molar-refractivity contribution in [1.82, 2.24) is 10.2 Å². The average Bonchev–Trinajstić information content (AvgIpc) is 2.49. The summed E-state index contributed by atoms with van der Waals surface area (Å²) in [6.45, 7) is 4.31. The summed E-state index contributed by atoms with van der Waals surface area (Å²) in [7, 11) is 1.29. The minimum absolute atomic E-state index is 0.336. The SMILES string of the molecule is COC(=O)Nc1ccc(Nc2ccc(C(C)C)cc2)nn1. The summed E-state index contributed by atoms with van der Waals surface area (Å²) in [6.07, 6.45) is -0.575. The number of ether oxygens (including phenoxy) is 1. The number of carbonyl (C=O) groups excluding carboxylic acids is 1. The van der Waals surface area contributed by atoms with E-state index in [9.17, 15) is 4.79 Å². The first-order chi connectivity index (χ1) is 10.1. The first kappa shape index (κ1) is 14.8. The lowest BCUT2D eigenvalue weighted by molar-refractivity contribution is 0.187. The zero-order chi connectivity index (χ0) is 15.2. The van der Waals surface area contributed by atoms with Gasteiger partial charge in [-0.2, -0.15) is 0 Å². The van der Waals surface area contributed by atoms with E-state index >= 15 is 0 Å². The highest BCUT2D eigenvalue weighted by Gasteiger charge is 2.03. The molecule has 2 N–H and O–H groups in total. The van der Waals surface area contributed by atoms with Gasteiger partial charge in [-0.05, 0) is 35.7 Å². The van der Waals surface area contributed by atoms with E-state index in [0.717, 1.165) is 5.69 Å². The maximum atomic E-state index is 11.0. The molecule has 2 rings (SSSR count). The Morgan fingerprint density at radius 3 is 2.19 bits per heavy atom. The molecule has 0 unspecified atom stereocenters. The number of benzene rings is 1. The fourth-order valence-electron chi connectivity index (χ4n) is 1.72. The first-order valence-corrected chi connectivity index (χ1v) is 6.64. The predicted octanol–water partition coefficient (Wildman–Crippen LogP) is 3.52. The van der Waals surface area contributed by atoms with E-state index < -0.39 is 6.09 Å². The minimum Gasteiger partial charge on any atom is -0.453 e. The smallest absolute Gasteiger partial charge is 0.412 e. The molecule has 0 spiro atoms. The first-order valence-electron chi connectivity index (χ1n) is 6.64. The Morgan fingerprint density at radius 1 is 1.05 bits per heavy atom. The van der Waals surface area contributed by atoms with Gasteiger partial charge in [0.05, 0.1) is 7.11 Å². The number of carbonyl (C=O) groups is 1. The molecule has 6 nitrogen and oxygen atoms in total. The molecule has 1 heterocycles. The van der Waals surface area contributed by atoms with Crippen LogP contribution in [0.25, 0.3) is 0 Å². The number of nitrogens with one attached hydrogen (secondary N) is 2. The number of amides is 1. The second kappa shape index (κ2) is 6.69. The molecule has 1 aromatic heterocycles. The number of hydrogen-bond acceptors (Lipinski definition) is 5. The Kier molecular flexibility index (Phi) is 4.71. The summed E-state index contributed by atoms with van der Waals surface area (Å²) >= 11 is 0. The van der Waals surface area contributed by atoms with Crippen molar-refractivity contribution in [3.63, 3.8) is 0 Å². The van der Waals surface area contributed by atoms with Gasteiger partial charge in [-0.3, -0.25) is 5.32 Å². The molecule has 0 bridgehead atoms. The Labute approximate surface area is 123 Å². The van der Waals surface area contributed by atoms with E-state index in [4.69, 9.17) is 0 Å². The summed E-state index contributed by atoms with van der Waals surface area (Å²) in [5, 5.41) is 13.5. The predicted molar refractivity (Wildman–Crippen MR) is 81.9 cm³/mol. The van der Waals surface area contributed by atoms with Crippen molar-refractivity contribution in [1.29, 1.82) is 0 Å². The van der Waals surface area contributed by atoms with Crippen LogP contribution in [0.4, 0.5) is 22.1 Å². The molecule has 1 amide bonds. The lowest BCUT2D eigenvalue weighted by Gasteiger charge is -2.08. The van der Waals surface area contributed by atoms with Crippen LogP contribution in [-0.4, -0.2) is 23.4 Å². The van der Waals surface area contributed by atoms with Crippen LogP contribution in [0.1, 0.15) is 25.3 Å². The van der Waals surface area contributed by atoms with Crippen molar-refractivity contribution < 1.29 is 9.53 Å². The maximum absolute atomic E-state index is 11.0. The molecule has 0 fully saturated rings. The summed E-state index contributed by atoms with van der Waals surface area (Å²) < 4.78 is 4.48. The fraction of sp³-hybridized carbons (Fsp3) is 0.267. The summed E-state index contributed by atoms with van der Waals surface area (Å²) in [4.78, 5) is 11.0. The molecule has 0 aliphatic heterocycles. The van der Waals surface area contributed by atoms with Crippen molar-refractivity contribution >= 4 is 23.4 Å². The van der Waals surface area contributed by atoms with E-state index in [1.165, 1.54) is 12.7 Å². The van der Waals surface area contributed by atoms with Crippen molar-refractivity contribution in [2.45, 2.75) is 19.8 Å². The van der Waals surface area contributed by atoms with E-state index in [2.05, 4.69) is 51.5 Å². The van der Waals surface area contributed by atoms with Gasteiger partial charge in [0.1, 0.15) is 0 Å². The van der Waals surface area contributed by atoms with Gasteiger partial charge in [-0.1, -0.05) is 26.0 Å². The summed E-state index contributed by atoms with van der Waals surface area (Å²) in [6, 6.07) is 11.5. The molecular formula is C15H18N4O2. The van der Waals surface area contributed by atoms with Gasteiger partial charge in [0.2, 0.25) is 0 Å². The van der Waals surface area contributed by atoms with E-state index in [1.807, 2.05) is 12.1 Å². The van der Waals surface area contributed by atoms with Gasteiger partial charge in [0, 0.05) is 5.69 Å². The third-order valence-electron chi connectivity index (χ3n) is 2.93. The molecule has 0 saturated heterocycles. The zero-order valence-electron chi connectivity index (χ0n) is 12.3. The van der Waals surface area contributed by atoms with Crippen molar-refractivity contribution in [3.8, 4) is 0 Å². The van der Waals surface area contributed by atoms with Gasteiger partial charge in [-0.15, -0.1) is 10.2 Å². The Morgan fingerprint density at radius 2 is 1.67 bits per heavy atom. The molecular weight excluding hydrogens is 268 g/mol. The van der Waals surface area contributed by atoms with Crippen LogP contribution in [0.3, 0.4) is 0 Å². The highest BCUT2D eigenvalue weighted by molar-refractivity contribution is 5.83. The Balaban J connectivity index is 2.01. The molecule has 110 valence electrons. The quantitative estimate of drug-likeness (QED) is 0.899. The normalized spacial score (nSPS) is 10.3. The Hall–Kier alpha value is -2.63. The third kappa shape index (κ3) is 4.17. The van der Waals surface area contributed by atoms with E-state index in [0.29, 0.717) is 17.6 Å². The summed E-state index contributed by atoms with van der Waals surface area (Å²) in [5.74, 6) is 1.44. The molecule has 21 heavy (non-hydrogen) atoms. The highest BCUT2D eigenvalue weighted by Crippen LogP contribution is 2.19. The number of nitrogens with zero attached hydrogens (tertiary/aromatic N) is 2. The molecule has 0 saturated carbocycles. The van der Waals surface area contributed by atoms with Crippen LogP contribution in [0.2, 0.25) is 0 Å². The second-order valence-corrected chi connectivity index (χ2v) is 4.82. The second-order valence-electron chi connectivity index (χ2n) is 4.82. The molecule has 6 heteroatoms. The minimum atomic E-state index is -0.575. The number of methoxy groups -OCH3 is 1. The van der Waals surface area contributed by atoms with Crippen molar-refractivity contribution in [3.05, 3.63) is 42.0 Å². The van der Waals surface area contributed by atoms with Gasteiger partial charge >= 0.3 is 6.09 Å². The topological polar surface area (TPSA) is 76.1 Å². The van der Waals surface area contributed by atoms with Gasteiger partial charge < -0.3 is 10.1 Å². The lowest BCUT2D eigenvalue weighted by atomic mass is 10.0. The van der Waals surface area contributed by atoms with Crippen LogP contribution in [-0.2, 0) is 4.74 Å². The van der Waals surface area contributed by atoms with Crippen molar-refractivity contribution in [2.24, 2.45) is 0 Å². The van der Waals surface area contributed by atoms with Crippen molar-refractivity contribution in [2.75, 3.05) is 17.7 Å².